The van der Waals surface area contributed by atoms with Crippen LogP contribution in [0, 0.1) is 6.92 Å². The molecular weight excluding hydrogens is 378 g/mol. The van der Waals surface area contributed by atoms with Crippen LogP contribution in [0.2, 0.25) is 0 Å². The molecule has 2 aromatic carbocycles. The van der Waals surface area contributed by atoms with Gasteiger partial charge in [0, 0.05) is 29.0 Å². The number of amides is 1. The van der Waals surface area contributed by atoms with Gasteiger partial charge < -0.3 is 10.6 Å². The quantitative estimate of drug-likeness (QED) is 0.498. The highest BCUT2D eigenvalue weighted by atomic mass is 16.1. The maximum Gasteiger partial charge on any atom is 0.256 e. The second-order valence-corrected chi connectivity index (χ2v) is 6.72. The summed E-state index contributed by atoms with van der Waals surface area (Å²) in [6.45, 7) is 5.45. The summed E-state index contributed by atoms with van der Waals surface area (Å²) in [6.07, 6.45) is 2.85. The summed E-state index contributed by atoms with van der Waals surface area (Å²) >= 11 is 0. The van der Waals surface area contributed by atoms with Crippen LogP contribution < -0.4 is 16.2 Å². The van der Waals surface area contributed by atoms with E-state index in [1.807, 2.05) is 31.2 Å². The molecular formula is C23H19N5O2. The van der Waals surface area contributed by atoms with Gasteiger partial charge in [0.1, 0.15) is 0 Å². The molecule has 0 aliphatic carbocycles. The van der Waals surface area contributed by atoms with Crippen molar-refractivity contribution in [2.24, 2.45) is 0 Å². The summed E-state index contributed by atoms with van der Waals surface area (Å²) in [5.41, 5.74) is 3.31. The number of nitrogens with zero attached hydrogens (tertiary/aromatic N) is 3. The zero-order chi connectivity index (χ0) is 21.1. The van der Waals surface area contributed by atoms with Gasteiger partial charge >= 0.3 is 0 Å². The fourth-order valence-corrected chi connectivity index (χ4v) is 3.10. The Balaban J connectivity index is 1.80. The maximum absolute atomic E-state index is 12.7. The van der Waals surface area contributed by atoms with Gasteiger partial charge in [-0.2, -0.15) is 4.98 Å². The van der Waals surface area contributed by atoms with Gasteiger partial charge in [0.05, 0.1) is 5.69 Å². The Kier molecular flexibility index (Phi) is 5.09. The van der Waals surface area contributed by atoms with Gasteiger partial charge in [0.15, 0.2) is 5.65 Å². The lowest BCUT2D eigenvalue weighted by atomic mass is 10.2. The lowest BCUT2D eigenvalue weighted by Crippen LogP contribution is -2.19. The Labute approximate surface area is 172 Å². The predicted molar refractivity (Wildman–Crippen MR) is 118 cm³/mol. The van der Waals surface area contributed by atoms with Crippen LogP contribution in [0.5, 0.6) is 0 Å². The molecule has 0 spiro atoms. The molecule has 0 saturated carbocycles. The lowest BCUT2D eigenvalue weighted by molar-refractivity contribution is -0.111. The molecule has 2 aromatic heterocycles. The number of pyridine rings is 1. The standard InChI is InChI=1S/C23H19N5O2/c1-3-20(29)25-18-8-5-9-19(13-18)28-21(30)11-10-16-14-24-23(27-22(16)28)26-17-7-4-6-15(2)12-17/h3-14H,1H2,2H3,(H,25,29)(H,24,26,27). The molecule has 7 heteroatoms. The van der Waals surface area contributed by atoms with Crippen LogP contribution in [-0.2, 0) is 4.79 Å². The van der Waals surface area contributed by atoms with E-state index in [1.165, 1.54) is 16.7 Å². The van der Waals surface area contributed by atoms with Crippen LogP contribution in [0.15, 0.2) is 84.3 Å². The number of carbonyl (C=O) groups excluding carboxylic acids is 1. The molecule has 1 amide bonds. The third-order valence-corrected chi connectivity index (χ3v) is 4.47. The molecule has 2 heterocycles. The van der Waals surface area contributed by atoms with Crippen molar-refractivity contribution < 1.29 is 4.79 Å². The van der Waals surface area contributed by atoms with E-state index in [1.54, 1.807) is 36.5 Å². The largest absolute Gasteiger partial charge is 0.324 e. The number of aromatic nitrogens is 3. The van der Waals surface area contributed by atoms with Gasteiger partial charge in [-0.25, -0.2) is 4.98 Å². The van der Waals surface area contributed by atoms with Crippen molar-refractivity contribution in [1.29, 1.82) is 0 Å². The van der Waals surface area contributed by atoms with Gasteiger partial charge in [-0.05, 0) is 55.0 Å². The van der Waals surface area contributed by atoms with Gasteiger partial charge in [-0.15, -0.1) is 0 Å². The molecule has 4 rings (SSSR count). The molecule has 30 heavy (non-hydrogen) atoms. The SMILES string of the molecule is C=CC(=O)Nc1cccc(-n2c(=O)ccc3cnc(Nc4cccc(C)c4)nc32)c1. The zero-order valence-electron chi connectivity index (χ0n) is 16.3. The van der Waals surface area contributed by atoms with Crippen molar-refractivity contribution in [3.05, 3.63) is 95.4 Å². The van der Waals surface area contributed by atoms with Crippen LogP contribution in [0.25, 0.3) is 16.7 Å². The molecule has 0 aliphatic rings. The number of carbonyl (C=O) groups is 1. The molecule has 4 aromatic rings. The number of fused-ring (bicyclic) bond motifs is 1. The zero-order valence-corrected chi connectivity index (χ0v) is 16.3. The van der Waals surface area contributed by atoms with E-state index >= 15 is 0 Å². The number of benzene rings is 2. The monoisotopic (exact) mass is 397 g/mol. The molecule has 0 saturated heterocycles. The summed E-state index contributed by atoms with van der Waals surface area (Å²) in [4.78, 5) is 33.3. The van der Waals surface area contributed by atoms with Gasteiger partial charge in [-0.3, -0.25) is 14.2 Å². The minimum atomic E-state index is -0.329. The number of hydrogen-bond acceptors (Lipinski definition) is 5. The summed E-state index contributed by atoms with van der Waals surface area (Å²) in [7, 11) is 0. The van der Waals surface area contributed by atoms with Crippen molar-refractivity contribution >= 4 is 34.3 Å². The van der Waals surface area contributed by atoms with Gasteiger partial charge in [-0.1, -0.05) is 24.8 Å². The Hall–Kier alpha value is -4.26. The second-order valence-electron chi connectivity index (χ2n) is 6.72. The number of nitrogens with one attached hydrogen (secondary N) is 2. The number of hydrogen-bond donors (Lipinski definition) is 2. The molecule has 0 unspecified atom stereocenters. The molecule has 0 bridgehead atoms. The number of aryl methyl sites for hydroxylation is 1. The first kappa shape index (κ1) is 19.1. The Bertz CT molecular complexity index is 1330. The van der Waals surface area contributed by atoms with Crippen LogP contribution >= 0.6 is 0 Å². The predicted octanol–water partition coefficient (Wildman–Crippen LogP) is 3.96. The van der Waals surface area contributed by atoms with Crippen molar-refractivity contribution in [1.82, 2.24) is 14.5 Å². The summed E-state index contributed by atoms with van der Waals surface area (Å²) < 4.78 is 1.49. The molecule has 0 aliphatic heterocycles. The third kappa shape index (κ3) is 3.95. The molecule has 7 nitrogen and oxygen atoms in total. The van der Waals surface area contributed by atoms with Crippen molar-refractivity contribution in [2.75, 3.05) is 10.6 Å². The van der Waals surface area contributed by atoms with E-state index in [0.717, 1.165) is 11.3 Å². The first-order valence-corrected chi connectivity index (χ1v) is 9.30. The summed E-state index contributed by atoms with van der Waals surface area (Å²) in [6, 6.07) is 18.0. The smallest absolute Gasteiger partial charge is 0.256 e. The first-order chi connectivity index (χ1) is 14.5. The molecule has 0 atom stereocenters. The minimum Gasteiger partial charge on any atom is -0.324 e. The van der Waals surface area contributed by atoms with Crippen molar-refractivity contribution in [2.45, 2.75) is 6.92 Å². The van der Waals surface area contributed by atoms with E-state index in [9.17, 15) is 9.59 Å². The second kappa shape index (κ2) is 8.00. The lowest BCUT2D eigenvalue weighted by Gasteiger charge is -2.12. The highest BCUT2D eigenvalue weighted by Crippen LogP contribution is 2.20. The Morgan fingerprint density at radius 2 is 1.87 bits per heavy atom. The van der Waals surface area contributed by atoms with E-state index in [-0.39, 0.29) is 11.5 Å². The third-order valence-electron chi connectivity index (χ3n) is 4.47. The highest BCUT2D eigenvalue weighted by molar-refractivity contribution is 5.99. The fourth-order valence-electron chi connectivity index (χ4n) is 3.10. The molecule has 0 fully saturated rings. The average Bonchev–Trinajstić information content (AvgIpc) is 2.73. The van der Waals surface area contributed by atoms with Crippen molar-refractivity contribution in [3.8, 4) is 5.69 Å². The van der Waals surface area contributed by atoms with E-state index in [2.05, 4.69) is 27.2 Å². The van der Waals surface area contributed by atoms with E-state index in [4.69, 9.17) is 0 Å². The van der Waals surface area contributed by atoms with Gasteiger partial charge in [0.25, 0.3) is 5.56 Å². The maximum atomic E-state index is 12.7. The first-order valence-electron chi connectivity index (χ1n) is 9.30. The Morgan fingerprint density at radius 1 is 1.07 bits per heavy atom. The topological polar surface area (TPSA) is 88.9 Å². The normalized spacial score (nSPS) is 10.6. The number of rotatable bonds is 5. The molecule has 0 radical (unpaired) electrons. The summed E-state index contributed by atoms with van der Waals surface area (Å²) in [5.74, 6) is 0.0490. The van der Waals surface area contributed by atoms with Crippen LogP contribution in [-0.4, -0.2) is 20.4 Å². The van der Waals surface area contributed by atoms with Crippen LogP contribution in [0.3, 0.4) is 0 Å². The van der Waals surface area contributed by atoms with Crippen LogP contribution in [0.4, 0.5) is 17.3 Å². The number of anilines is 3. The van der Waals surface area contributed by atoms with Crippen molar-refractivity contribution in [3.63, 3.8) is 0 Å². The average molecular weight is 397 g/mol. The van der Waals surface area contributed by atoms with Crippen LogP contribution in [0.1, 0.15) is 5.56 Å². The fraction of sp³-hybridized carbons (Fsp3) is 0.0435. The highest BCUT2D eigenvalue weighted by Gasteiger charge is 2.10. The van der Waals surface area contributed by atoms with E-state index in [0.29, 0.717) is 28.4 Å². The minimum absolute atomic E-state index is 0.241. The van der Waals surface area contributed by atoms with Gasteiger partial charge in [0.2, 0.25) is 11.9 Å². The summed E-state index contributed by atoms with van der Waals surface area (Å²) in [5, 5.41) is 6.59. The molecule has 148 valence electrons. The molecule has 2 N–H and O–H groups in total. The van der Waals surface area contributed by atoms with E-state index < -0.39 is 0 Å². The Morgan fingerprint density at radius 3 is 2.67 bits per heavy atom.